The lowest BCUT2D eigenvalue weighted by molar-refractivity contribution is 0.0938. The molecule has 2 aliphatic carbocycles. The van der Waals surface area contributed by atoms with Crippen LogP contribution in [0.2, 0.25) is 0 Å². The Balaban J connectivity index is 1.24. The molecule has 5 rings (SSSR count). The summed E-state index contributed by atoms with van der Waals surface area (Å²) < 4.78 is 0. The molecule has 0 spiro atoms. The molecule has 2 aromatic heterocycles. The van der Waals surface area contributed by atoms with Crippen molar-refractivity contribution in [3.05, 3.63) is 72.1 Å². The van der Waals surface area contributed by atoms with Crippen molar-refractivity contribution in [2.45, 2.75) is 57.2 Å². The van der Waals surface area contributed by atoms with Gasteiger partial charge in [-0.2, -0.15) is 0 Å². The number of amides is 3. The molecule has 2 aliphatic rings. The second kappa shape index (κ2) is 10.5. The molecule has 8 nitrogen and oxygen atoms in total. The number of carbonyl (C=O) groups is 2. The van der Waals surface area contributed by atoms with Crippen molar-refractivity contribution in [2.24, 2.45) is 0 Å². The SMILES string of the molecule is O=C(NCc1cccnc1)Nc1ccc(-c2ccc(C(=O)NC3CCCC3)c(NC3CC3)n2)cc1. The molecule has 2 saturated carbocycles. The van der Waals surface area contributed by atoms with Crippen LogP contribution < -0.4 is 21.3 Å². The second-order valence-corrected chi connectivity index (χ2v) is 9.21. The topological polar surface area (TPSA) is 108 Å². The van der Waals surface area contributed by atoms with Crippen molar-refractivity contribution in [3.63, 3.8) is 0 Å². The maximum Gasteiger partial charge on any atom is 0.319 e. The normalized spacial score (nSPS) is 15.4. The lowest BCUT2D eigenvalue weighted by Gasteiger charge is -2.16. The van der Waals surface area contributed by atoms with Crippen LogP contribution in [0.4, 0.5) is 16.3 Å². The molecule has 0 bridgehead atoms. The van der Waals surface area contributed by atoms with Crippen LogP contribution in [0.15, 0.2) is 60.9 Å². The summed E-state index contributed by atoms with van der Waals surface area (Å²) >= 11 is 0. The summed E-state index contributed by atoms with van der Waals surface area (Å²) in [6.45, 7) is 0.402. The van der Waals surface area contributed by atoms with Gasteiger partial charge >= 0.3 is 6.03 Å². The molecule has 1 aromatic carbocycles. The zero-order chi connectivity index (χ0) is 24.0. The third-order valence-electron chi connectivity index (χ3n) is 6.36. The molecule has 35 heavy (non-hydrogen) atoms. The van der Waals surface area contributed by atoms with Crippen LogP contribution in [0.1, 0.15) is 54.4 Å². The zero-order valence-corrected chi connectivity index (χ0v) is 19.6. The first kappa shape index (κ1) is 22.8. The van der Waals surface area contributed by atoms with Crippen molar-refractivity contribution in [2.75, 3.05) is 10.6 Å². The molecule has 0 atom stereocenters. The number of nitrogens with zero attached hydrogens (tertiary/aromatic N) is 2. The standard InChI is InChI=1S/C27H30N6O2/c34-26(31-20-5-1-2-6-20)23-13-14-24(33-25(23)30-21-11-12-21)19-7-9-22(10-8-19)32-27(35)29-17-18-4-3-15-28-16-18/h3-4,7-10,13-16,20-21H,1-2,5-6,11-12,17H2,(H,30,33)(H,31,34)(H2,29,32,35). The highest BCUT2D eigenvalue weighted by Gasteiger charge is 2.26. The number of hydrogen-bond acceptors (Lipinski definition) is 5. The van der Waals surface area contributed by atoms with Gasteiger partial charge in [0.05, 0.1) is 11.3 Å². The molecule has 4 N–H and O–H groups in total. The van der Waals surface area contributed by atoms with Crippen LogP contribution in [-0.4, -0.2) is 34.0 Å². The van der Waals surface area contributed by atoms with Crippen LogP contribution in [0, 0.1) is 0 Å². The zero-order valence-electron chi connectivity index (χ0n) is 19.6. The summed E-state index contributed by atoms with van der Waals surface area (Å²) in [7, 11) is 0. The smallest absolute Gasteiger partial charge is 0.319 e. The first-order chi connectivity index (χ1) is 17.1. The van der Waals surface area contributed by atoms with Gasteiger partial charge in [0.15, 0.2) is 0 Å². The minimum atomic E-state index is -0.284. The average molecular weight is 471 g/mol. The van der Waals surface area contributed by atoms with Gasteiger partial charge < -0.3 is 21.3 Å². The van der Waals surface area contributed by atoms with Gasteiger partial charge in [0.25, 0.3) is 5.91 Å². The third kappa shape index (κ3) is 6.15. The fourth-order valence-electron chi connectivity index (χ4n) is 4.25. The third-order valence-corrected chi connectivity index (χ3v) is 6.36. The van der Waals surface area contributed by atoms with E-state index in [0.29, 0.717) is 29.7 Å². The minimum absolute atomic E-state index is 0.0593. The van der Waals surface area contributed by atoms with Crippen LogP contribution in [0.3, 0.4) is 0 Å². The molecule has 0 saturated heterocycles. The Morgan fingerprint density at radius 3 is 2.43 bits per heavy atom. The Kier molecular flexibility index (Phi) is 6.88. The molecule has 180 valence electrons. The van der Waals surface area contributed by atoms with E-state index in [1.807, 2.05) is 48.5 Å². The summed E-state index contributed by atoms with van der Waals surface area (Å²) in [5.74, 6) is 0.577. The van der Waals surface area contributed by atoms with Crippen molar-refractivity contribution >= 4 is 23.4 Å². The van der Waals surface area contributed by atoms with Crippen molar-refractivity contribution < 1.29 is 9.59 Å². The van der Waals surface area contributed by atoms with Crippen molar-refractivity contribution in [1.82, 2.24) is 20.6 Å². The Morgan fingerprint density at radius 2 is 1.71 bits per heavy atom. The maximum absolute atomic E-state index is 12.9. The van der Waals surface area contributed by atoms with E-state index in [-0.39, 0.29) is 18.0 Å². The average Bonchev–Trinajstić information content (AvgIpc) is 3.55. The van der Waals surface area contributed by atoms with E-state index in [1.54, 1.807) is 12.4 Å². The number of nitrogens with one attached hydrogen (secondary N) is 4. The monoisotopic (exact) mass is 470 g/mol. The van der Waals surface area contributed by atoms with E-state index in [2.05, 4.69) is 26.3 Å². The van der Waals surface area contributed by atoms with Crippen LogP contribution in [0.5, 0.6) is 0 Å². The quantitative estimate of drug-likeness (QED) is 0.381. The molecule has 3 amide bonds. The summed E-state index contributed by atoms with van der Waals surface area (Å²) in [6, 6.07) is 15.4. The van der Waals surface area contributed by atoms with E-state index in [4.69, 9.17) is 4.98 Å². The lowest BCUT2D eigenvalue weighted by Crippen LogP contribution is -2.33. The minimum Gasteiger partial charge on any atom is -0.367 e. The van der Waals surface area contributed by atoms with Gasteiger partial charge in [0, 0.05) is 42.3 Å². The molecule has 2 heterocycles. The number of hydrogen-bond donors (Lipinski definition) is 4. The molecule has 3 aromatic rings. The maximum atomic E-state index is 12.9. The molecule has 0 unspecified atom stereocenters. The predicted octanol–water partition coefficient (Wildman–Crippen LogP) is 4.71. The number of urea groups is 1. The van der Waals surface area contributed by atoms with Crippen LogP contribution >= 0.6 is 0 Å². The number of rotatable bonds is 8. The summed E-state index contributed by atoms with van der Waals surface area (Å²) in [4.78, 5) is 34.0. The molecular formula is C27H30N6O2. The Morgan fingerprint density at radius 1 is 0.914 bits per heavy atom. The van der Waals surface area contributed by atoms with Gasteiger partial charge in [-0.05, 0) is 61.6 Å². The Labute approximate surface area is 205 Å². The van der Waals surface area contributed by atoms with Gasteiger partial charge in [-0.1, -0.05) is 31.0 Å². The number of carbonyl (C=O) groups excluding carboxylic acids is 2. The summed E-state index contributed by atoms with van der Waals surface area (Å²) in [6.07, 6.45) is 10.0. The van der Waals surface area contributed by atoms with Crippen molar-refractivity contribution in [3.8, 4) is 11.3 Å². The molecule has 2 fully saturated rings. The largest absolute Gasteiger partial charge is 0.367 e. The first-order valence-corrected chi connectivity index (χ1v) is 12.3. The van der Waals surface area contributed by atoms with Gasteiger partial charge in [-0.25, -0.2) is 9.78 Å². The van der Waals surface area contributed by atoms with Gasteiger partial charge in [0.2, 0.25) is 0 Å². The van der Waals surface area contributed by atoms with E-state index in [9.17, 15) is 9.59 Å². The van der Waals surface area contributed by atoms with E-state index >= 15 is 0 Å². The van der Waals surface area contributed by atoms with Gasteiger partial charge in [-0.15, -0.1) is 0 Å². The number of pyridine rings is 2. The molecule has 8 heteroatoms. The highest BCUT2D eigenvalue weighted by atomic mass is 16.2. The van der Waals surface area contributed by atoms with E-state index in [1.165, 1.54) is 12.8 Å². The predicted molar refractivity (Wildman–Crippen MR) is 136 cm³/mol. The fraction of sp³-hybridized carbons (Fsp3) is 0.333. The second-order valence-electron chi connectivity index (χ2n) is 9.21. The van der Waals surface area contributed by atoms with E-state index < -0.39 is 0 Å². The van der Waals surface area contributed by atoms with Gasteiger partial charge in [0.1, 0.15) is 5.82 Å². The fourth-order valence-corrected chi connectivity index (χ4v) is 4.25. The summed E-state index contributed by atoms with van der Waals surface area (Å²) in [5.41, 5.74) is 3.89. The lowest BCUT2D eigenvalue weighted by atomic mass is 10.1. The van der Waals surface area contributed by atoms with Crippen molar-refractivity contribution in [1.29, 1.82) is 0 Å². The first-order valence-electron chi connectivity index (χ1n) is 12.3. The highest BCUT2D eigenvalue weighted by molar-refractivity contribution is 5.99. The Bertz CT molecular complexity index is 1170. The Hall–Kier alpha value is -3.94. The number of aromatic nitrogens is 2. The van der Waals surface area contributed by atoms with Crippen LogP contribution in [0.25, 0.3) is 11.3 Å². The number of benzene rings is 1. The van der Waals surface area contributed by atoms with Gasteiger partial charge in [-0.3, -0.25) is 9.78 Å². The molecule has 0 aliphatic heterocycles. The molecule has 0 radical (unpaired) electrons. The van der Waals surface area contributed by atoms with E-state index in [0.717, 1.165) is 42.5 Å². The molecular weight excluding hydrogens is 440 g/mol. The highest BCUT2D eigenvalue weighted by Crippen LogP contribution is 2.29. The van der Waals surface area contributed by atoms with Crippen LogP contribution in [-0.2, 0) is 6.54 Å². The number of anilines is 2. The summed E-state index contributed by atoms with van der Waals surface area (Å²) in [5, 5.41) is 12.2.